The van der Waals surface area contributed by atoms with Gasteiger partial charge in [0.05, 0.1) is 17.9 Å². The van der Waals surface area contributed by atoms with Crippen LogP contribution >= 0.6 is 15.9 Å². The molecule has 0 aliphatic heterocycles. The lowest BCUT2D eigenvalue weighted by Crippen LogP contribution is -2.45. The van der Waals surface area contributed by atoms with Crippen LogP contribution in [-0.2, 0) is 4.79 Å². The molecule has 0 saturated heterocycles. The van der Waals surface area contributed by atoms with E-state index >= 15 is 0 Å². The number of aliphatic hydroxyl groups is 1. The number of carbonyl (C=O) groups is 2. The molecule has 0 bridgehead atoms. The van der Waals surface area contributed by atoms with Crippen LogP contribution in [0, 0.1) is 11.3 Å². The summed E-state index contributed by atoms with van der Waals surface area (Å²) in [7, 11) is 0. The predicted octanol–water partition coefficient (Wildman–Crippen LogP) is 0.888. The second kappa shape index (κ2) is 6.72. The van der Waals surface area contributed by atoms with Gasteiger partial charge in [-0.3, -0.25) is 0 Å². The van der Waals surface area contributed by atoms with Crippen molar-refractivity contribution in [1.29, 1.82) is 5.26 Å². The molecule has 100 valence electrons. The molecule has 4 N–H and O–H groups in total. The van der Waals surface area contributed by atoms with Gasteiger partial charge in [0.2, 0.25) is 0 Å². The molecule has 0 spiro atoms. The highest BCUT2D eigenvalue weighted by molar-refractivity contribution is 9.10. The summed E-state index contributed by atoms with van der Waals surface area (Å²) in [5.74, 6) is -1.35. The molecule has 0 aliphatic rings. The Morgan fingerprint density at radius 3 is 2.68 bits per heavy atom. The van der Waals surface area contributed by atoms with E-state index in [9.17, 15) is 9.59 Å². The lowest BCUT2D eigenvalue weighted by Gasteiger charge is -2.13. The van der Waals surface area contributed by atoms with Gasteiger partial charge in [-0.1, -0.05) is 15.9 Å². The molecule has 0 aliphatic carbocycles. The van der Waals surface area contributed by atoms with Crippen molar-refractivity contribution in [2.24, 2.45) is 0 Å². The number of benzene rings is 1. The van der Waals surface area contributed by atoms with E-state index in [4.69, 9.17) is 15.5 Å². The Morgan fingerprint density at radius 2 is 2.16 bits per heavy atom. The largest absolute Gasteiger partial charge is 0.480 e. The number of nitriles is 1. The van der Waals surface area contributed by atoms with E-state index in [0.29, 0.717) is 4.47 Å². The zero-order chi connectivity index (χ0) is 14.4. The fraction of sp³-hybridized carbons (Fsp3) is 0.182. The molecule has 0 aromatic heterocycles. The van der Waals surface area contributed by atoms with E-state index in [2.05, 4.69) is 26.6 Å². The van der Waals surface area contributed by atoms with Gasteiger partial charge in [-0.15, -0.1) is 0 Å². The molecule has 8 heteroatoms. The van der Waals surface area contributed by atoms with Gasteiger partial charge in [-0.05, 0) is 18.2 Å². The van der Waals surface area contributed by atoms with Crippen molar-refractivity contribution < 1.29 is 19.8 Å². The van der Waals surface area contributed by atoms with Gasteiger partial charge < -0.3 is 20.8 Å². The first-order chi connectivity index (χ1) is 8.97. The van der Waals surface area contributed by atoms with E-state index in [1.807, 2.05) is 6.07 Å². The number of amides is 2. The molecular formula is C11H10BrN3O4. The lowest BCUT2D eigenvalue weighted by molar-refractivity contribution is -0.140. The normalized spacial score (nSPS) is 11.2. The Morgan fingerprint density at radius 1 is 1.47 bits per heavy atom. The van der Waals surface area contributed by atoms with Gasteiger partial charge in [0.25, 0.3) is 0 Å². The fourth-order valence-corrected chi connectivity index (χ4v) is 1.58. The van der Waals surface area contributed by atoms with Crippen molar-refractivity contribution in [1.82, 2.24) is 5.32 Å². The number of urea groups is 1. The lowest BCUT2D eigenvalue weighted by atomic mass is 10.2. The maximum atomic E-state index is 11.5. The molecule has 0 fully saturated rings. The Balaban J connectivity index is 2.78. The molecule has 1 atom stereocenters. The molecule has 1 aromatic carbocycles. The number of carboxylic acid groups (broad SMARTS) is 1. The van der Waals surface area contributed by atoms with E-state index in [-0.39, 0.29) is 11.3 Å². The molecule has 0 saturated carbocycles. The van der Waals surface area contributed by atoms with Crippen molar-refractivity contribution >= 4 is 33.6 Å². The number of halogens is 1. The van der Waals surface area contributed by atoms with Crippen molar-refractivity contribution in [2.75, 3.05) is 11.9 Å². The SMILES string of the molecule is N#Cc1cc(Br)ccc1NC(=O)NC(CO)C(=O)O. The first kappa shape index (κ1) is 14.9. The predicted molar refractivity (Wildman–Crippen MR) is 69.5 cm³/mol. The minimum absolute atomic E-state index is 0.223. The van der Waals surface area contributed by atoms with Gasteiger partial charge in [-0.25, -0.2) is 9.59 Å². The van der Waals surface area contributed by atoms with Gasteiger partial charge >= 0.3 is 12.0 Å². The molecule has 7 nitrogen and oxygen atoms in total. The van der Waals surface area contributed by atoms with Gasteiger partial charge in [-0.2, -0.15) is 5.26 Å². The Labute approximate surface area is 117 Å². The summed E-state index contributed by atoms with van der Waals surface area (Å²) in [5, 5.41) is 30.7. The molecule has 19 heavy (non-hydrogen) atoms. The Bertz CT molecular complexity index is 541. The topological polar surface area (TPSA) is 122 Å². The first-order valence-electron chi connectivity index (χ1n) is 5.08. The third kappa shape index (κ3) is 4.24. The van der Waals surface area contributed by atoms with E-state index in [0.717, 1.165) is 0 Å². The van der Waals surface area contributed by atoms with Gasteiger partial charge in [0, 0.05) is 4.47 Å². The maximum Gasteiger partial charge on any atom is 0.328 e. The number of hydrogen-bond donors (Lipinski definition) is 4. The van der Waals surface area contributed by atoms with Crippen LogP contribution in [0.2, 0.25) is 0 Å². The van der Waals surface area contributed by atoms with Gasteiger partial charge in [0.1, 0.15) is 6.07 Å². The van der Waals surface area contributed by atoms with Crippen LogP contribution in [0.1, 0.15) is 5.56 Å². The van der Waals surface area contributed by atoms with Crippen molar-refractivity contribution in [3.63, 3.8) is 0 Å². The number of anilines is 1. The zero-order valence-electron chi connectivity index (χ0n) is 9.55. The van der Waals surface area contributed by atoms with Crippen molar-refractivity contribution in [3.05, 3.63) is 28.2 Å². The molecule has 0 heterocycles. The third-order valence-corrected chi connectivity index (χ3v) is 2.63. The summed E-state index contributed by atoms with van der Waals surface area (Å²) in [6, 6.07) is 4.30. The third-order valence-electron chi connectivity index (χ3n) is 2.14. The van der Waals surface area contributed by atoms with E-state index < -0.39 is 24.6 Å². The van der Waals surface area contributed by atoms with E-state index in [1.54, 1.807) is 6.07 Å². The van der Waals surface area contributed by atoms with Crippen molar-refractivity contribution in [3.8, 4) is 6.07 Å². The summed E-state index contributed by atoms with van der Waals surface area (Å²) >= 11 is 3.18. The highest BCUT2D eigenvalue weighted by Crippen LogP contribution is 2.20. The van der Waals surface area contributed by atoms with Gasteiger partial charge in [0.15, 0.2) is 6.04 Å². The highest BCUT2D eigenvalue weighted by Gasteiger charge is 2.19. The summed E-state index contributed by atoms with van der Waals surface area (Å²) in [6.07, 6.45) is 0. The van der Waals surface area contributed by atoms with Crippen LogP contribution in [0.3, 0.4) is 0 Å². The minimum atomic E-state index is -1.40. The number of nitrogens with one attached hydrogen (secondary N) is 2. The molecule has 0 radical (unpaired) electrons. The molecule has 2 amide bonds. The Hall–Kier alpha value is -2.11. The molecular weight excluding hydrogens is 318 g/mol. The summed E-state index contributed by atoms with van der Waals surface area (Å²) < 4.78 is 0.675. The molecule has 1 aromatic rings. The second-order valence-electron chi connectivity index (χ2n) is 3.47. The number of aliphatic hydroxyl groups excluding tert-OH is 1. The van der Waals surface area contributed by atoms with Crippen LogP contribution < -0.4 is 10.6 Å². The fourth-order valence-electron chi connectivity index (χ4n) is 1.22. The smallest absolute Gasteiger partial charge is 0.328 e. The first-order valence-corrected chi connectivity index (χ1v) is 5.88. The quantitative estimate of drug-likeness (QED) is 0.654. The number of rotatable bonds is 4. The minimum Gasteiger partial charge on any atom is -0.480 e. The number of hydrogen-bond acceptors (Lipinski definition) is 4. The number of aliphatic carboxylic acids is 1. The standard InChI is InChI=1S/C11H10BrN3O4/c12-7-1-2-8(6(3-7)4-13)14-11(19)15-9(5-16)10(17)18/h1-3,9,16H,5H2,(H,17,18)(H2,14,15,19). The van der Waals surface area contributed by atoms with Crippen LogP contribution in [0.5, 0.6) is 0 Å². The number of carbonyl (C=O) groups excluding carboxylic acids is 1. The van der Waals surface area contributed by atoms with Crippen LogP contribution in [0.25, 0.3) is 0 Å². The number of carboxylic acids is 1. The maximum absolute atomic E-state index is 11.5. The van der Waals surface area contributed by atoms with Crippen LogP contribution in [0.15, 0.2) is 22.7 Å². The second-order valence-corrected chi connectivity index (χ2v) is 4.39. The highest BCUT2D eigenvalue weighted by atomic mass is 79.9. The average molecular weight is 328 g/mol. The molecule has 1 rings (SSSR count). The summed E-state index contributed by atoms with van der Waals surface area (Å²) in [5.41, 5.74) is 0.464. The van der Waals surface area contributed by atoms with Crippen molar-refractivity contribution in [2.45, 2.75) is 6.04 Å². The average Bonchev–Trinajstić information content (AvgIpc) is 2.37. The molecule has 1 unspecified atom stereocenters. The Kier molecular flexibility index (Phi) is 5.29. The van der Waals surface area contributed by atoms with E-state index in [1.165, 1.54) is 12.1 Å². The zero-order valence-corrected chi connectivity index (χ0v) is 11.1. The number of nitrogens with zero attached hydrogens (tertiary/aromatic N) is 1. The summed E-state index contributed by atoms with van der Waals surface area (Å²) in [4.78, 5) is 22.1. The monoisotopic (exact) mass is 327 g/mol. The van der Waals surface area contributed by atoms with Crippen LogP contribution in [0.4, 0.5) is 10.5 Å². The van der Waals surface area contributed by atoms with Crippen LogP contribution in [-0.4, -0.2) is 34.9 Å². The summed E-state index contributed by atoms with van der Waals surface area (Å²) in [6.45, 7) is -0.728.